The number of carbonyl (C=O) groups excluding carboxylic acids is 1. The lowest BCUT2D eigenvalue weighted by molar-refractivity contribution is 0.0189. The summed E-state index contributed by atoms with van der Waals surface area (Å²) in [5, 5.41) is 14.0. The first-order chi connectivity index (χ1) is 12.5. The minimum Gasteiger partial charge on any atom is -0.497 e. The smallest absolute Gasteiger partial charge is 0.252 e. The van der Waals surface area contributed by atoms with Crippen LogP contribution in [0.15, 0.2) is 40.9 Å². The van der Waals surface area contributed by atoms with Gasteiger partial charge in [0.15, 0.2) is 0 Å². The highest BCUT2D eigenvalue weighted by molar-refractivity contribution is 9.10. The van der Waals surface area contributed by atoms with Gasteiger partial charge >= 0.3 is 0 Å². The van der Waals surface area contributed by atoms with E-state index >= 15 is 0 Å². The molecule has 0 heterocycles. The number of hydrogen-bond donors (Lipinski definition) is 2. The van der Waals surface area contributed by atoms with E-state index in [1.165, 1.54) is 0 Å². The highest BCUT2D eigenvalue weighted by Crippen LogP contribution is 2.36. The molecule has 1 aliphatic rings. The molecule has 0 saturated carbocycles. The van der Waals surface area contributed by atoms with Crippen LogP contribution in [0.2, 0.25) is 0 Å². The number of aryl methyl sites for hydroxylation is 1. The largest absolute Gasteiger partial charge is 0.497 e. The third kappa shape index (κ3) is 3.71. The van der Waals surface area contributed by atoms with Crippen molar-refractivity contribution in [3.05, 3.63) is 57.6 Å². The Morgan fingerprint density at radius 2 is 1.88 bits per heavy atom. The molecule has 0 radical (unpaired) electrons. The summed E-state index contributed by atoms with van der Waals surface area (Å²) in [4.78, 5) is 12.6. The first-order valence-electron chi connectivity index (χ1n) is 8.48. The Morgan fingerprint density at radius 3 is 2.62 bits per heavy atom. The Labute approximate surface area is 161 Å². The van der Waals surface area contributed by atoms with Crippen molar-refractivity contribution in [3.8, 4) is 11.5 Å². The zero-order valence-corrected chi connectivity index (χ0v) is 16.4. The Kier molecular flexibility index (Phi) is 5.53. The minimum absolute atomic E-state index is 0.148. The molecule has 1 unspecified atom stereocenters. The molecule has 2 N–H and O–H groups in total. The van der Waals surface area contributed by atoms with Crippen LogP contribution in [0, 0.1) is 0 Å². The summed E-state index contributed by atoms with van der Waals surface area (Å²) in [5.74, 6) is 1.12. The molecule has 1 atom stereocenters. The Bertz CT molecular complexity index is 823. The highest BCUT2D eigenvalue weighted by Gasteiger charge is 2.35. The Balaban J connectivity index is 1.79. The highest BCUT2D eigenvalue weighted by atomic mass is 79.9. The van der Waals surface area contributed by atoms with Crippen molar-refractivity contribution in [2.75, 3.05) is 20.8 Å². The number of amides is 1. The summed E-state index contributed by atoms with van der Waals surface area (Å²) in [7, 11) is 3.18. The molecular weight excluding hydrogens is 398 g/mol. The maximum atomic E-state index is 12.6. The van der Waals surface area contributed by atoms with Gasteiger partial charge in [-0.3, -0.25) is 4.79 Å². The van der Waals surface area contributed by atoms with Crippen molar-refractivity contribution in [3.63, 3.8) is 0 Å². The number of aliphatic hydroxyl groups is 1. The summed E-state index contributed by atoms with van der Waals surface area (Å²) in [5.41, 5.74) is 1.31. The normalized spacial score (nSPS) is 18.8. The number of benzene rings is 2. The molecule has 2 aromatic rings. The van der Waals surface area contributed by atoms with E-state index in [2.05, 4.69) is 21.2 Å². The van der Waals surface area contributed by atoms with Gasteiger partial charge in [0.1, 0.15) is 17.1 Å². The molecular formula is C20H22BrNO4. The van der Waals surface area contributed by atoms with Gasteiger partial charge in [-0.2, -0.15) is 0 Å². The van der Waals surface area contributed by atoms with Gasteiger partial charge in [0.25, 0.3) is 5.91 Å². The number of carbonyl (C=O) groups is 1. The van der Waals surface area contributed by atoms with Gasteiger partial charge in [0, 0.05) is 4.47 Å². The van der Waals surface area contributed by atoms with Gasteiger partial charge in [-0.05, 0) is 76.7 Å². The van der Waals surface area contributed by atoms with Gasteiger partial charge in [-0.25, -0.2) is 0 Å². The van der Waals surface area contributed by atoms with Crippen molar-refractivity contribution in [1.82, 2.24) is 5.32 Å². The second-order valence-electron chi connectivity index (χ2n) is 6.44. The van der Waals surface area contributed by atoms with Crippen LogP contribution in [-0.4, -0.2) is 31.8 Å². The number of hydrogen-bond acceptors (Lipinski definition) is 4. The predicted molar refractivity (Wildman–Crippen MR) is 103 cm³/mol. The zero-order valence-electron chi connectivity index (χ0n) is 14.8. The SMILES string of the molecule is COc1ccc2c(c1)CCCC2(O)CNC(=O)c1cc(OC)ccc1Br. The van der Waals surface area contributed by atoms with E-state index in [0.717, 1.165) is 29.7 Å². The van der Waals surface area contributed by atoms with Gasteiger partial charge in [-0.15, -0.1) is 0 Å². The zero-order chi connectivity index (χ0) is 18.7. The topological polar surface area (TPSA) is 67.8 Å². The molecule has 0 saturated heterocycles. The van der Waals surface area contributed by atoms with E-state index in [9.17, 15) is 9.90 Å². The molecule has 138 valence electrons. The summed E-state index contributed by atoms with van der Waals surface area (Å²) in [6, 6.07) is 10.9. The third-order valence-corrected chi connectivity index (χ3v) is 5.50. The van der Waals surface area contributed by atoms with Crippen LogP contribution in [0.4, 0.5) is 0 Å². The van der Waals surface area contributed by atoms with E-state index in [1.807, 2.05) is 18.2 Å². The molecule has 0 bridgehead atoms. The van der Waals surface area contributed by atoms with E-state index in [0.29, 0.717) is 22.2 Å². The minimum atomic E-state index is -1.08. The average molecular weight is 420 g/mol. The second-order valence-corrected chi connectivity index (χ2v) is 7.29. The molecule has 26 heavy (non-hydrogen) atoms. The van der Waals surface area contributed by atoms with Gasteiger partial charge in [0.05, 0.1) is 26.3 Å². The first kappa shape index (κ1) is 18.7. The van der Waals surface area contributed by atoms with E-state index in [-0.39, 0.29) is 12.5 Å². The Hall–Kier alpha value is -2.05. The maximum Gasteiger partial charge on any atom is 0.252 e. The van der Waals surface area contributed by atoms with Crippen molar-refractivity contribution in [1.29, 1.82) is 0 Å². The second kappa shape index (κ2) is 7.68. The molecule has 0 fully saturated rings. The van der Waals surface area contributed by atoms with Gasteiger partial charge in [-0.1, -0.05) is 6.07 Å². The van der Waals surface area contributed by atoms with Crippen molar-refractivity contribution >= 4 is 21.8 Å². The molecule has 2 aromatic carbocycles. The number of fused-ring (bicyclic) bond motifs is 1. The average Bonchev–Trinajstić information content (AvgIpc) is 2.66. The molecule has 1 aliphatic carbocycles. The fraction of sp³-hybridized carbons (Fsp3) is 0.350. The lowest BCUT2D eigenvalue weighted by Crippen LogP contribution is -2.43. The first-order valence-corrected chi connectivity index (χ1v) is 9.27. The molecule has 5 nitrogen and oxygen atoms in total. The van der Waals surface area contributed by atoms with E-state index < -0.39 is 5.60 Å². The summed E-state index contributed by atoms with van der Waals surface area (Å²) >= 11 is 3.39. The number of rotatable bonds is 5. The molecule has 0 aromatic heterocycles. The predicted octanol–water partition coefficient (Wildman–Crippen LogP) is 3.42. The van der Waals surface area contributed by atoms with Crippen LogP contribution in [0.1, 0.15) is 34.3 Å². The molecule has 6 heteroatoms. The van der Waals surface area contributed by atoms with E-state index in [1.54, 1.807) is 32.4 Å². The monoisotopic (exact) mass is 419 g/mol. The lowest BCUT2D eigenvalue weighted by Gasteiger charge is -2.35. The quantitative estimate of drug-likeness (QED) is 0.778. The molecule has 3 rings (SSSR count). The van der Waals surface area contributed by atoms with Gasteiger partial charge in [0.2, 0.25) is 0 Å². The van der Waals surface area contributed by atoms with Crippen LogP contribution in [0.5, 0.6) is 11.5 Å². The fourth-order valence-corrected chi connectivity index (χ4v) is 3.80. The van der Waals surface area contributed by atoms with Crippen LogP contribution < -0.4 is 14.8 Å². The summed E-state index contributed by atoms with van der Waals surface area (Å²) < 4.78 is 11.1. The number of nitrogens with one attached hydrogen (secondary N) is 1. The van der Waals surface area contributed by atoms with Crippen molar-refractivity contribution in [2.45, 2.75) is 24.9 Å². The van der Waals surface area contributed by atoms with Crippen molar-refractivity contribution in [2.24, 2.45) is 0 Å². The van der Waals surface area contributed by atoms with Crippen molar-refractivity contribution < 1.29 is 19.4 Å². The maximum absolute atomic E-state index is 12.6. The lowest BCUT2D eigenvalue weighted by atomic mass is 9.79. The van der Waals surface area contributed by atoms with Crippen LogP contribution in [-0.2, 0) is 12.0 Å². The van der Waals surface area contributed by atoms with Crippen LogP contribution >= 0.6 is 15.9 Å². The third-order valence-electron chi connectivity index (χ3n) is 4.81. The van der Waals surface area contributed by atoms with Crippen LogP contribution in [0.3, 0.4) is 0 Å². The van der Waals surface area contributed by atoms with E-state index in [4.69, 9.17) is 9.47 Å². The molecule has 1 amide bonds. The fourth-order valence-electron chi connectivity index (χ4n) is 3.37. The van der Waals surface area contributed by atoms with Gasteiger partial charge < -0.3 is 19.9 Å². The van der Waals surface area contributed by atoms with Crippen LogP contribution in [0.25, 0.3) is 0 Å². The summed E-state index contributed by atoms with van der Waals surface area (Å²) in [6.07, 6.45) is 2.35. The Morgan fingerprint density at radius 1 is 1.19 bits per heavy atom. The standard InChI is InChI=1S/C20H22BrNO4/c1-25-14-5-7-17-13(10-14)4-3-9-20(17,24)12-22-19(23)16-11-15(26-2)6-8-18(16)21/h5-8,10-11,24H,3-4,9,12H2,1-2H3,(H,22,23). The number of methoxy groups -OCH3 is 2. The number of halogens is 1. The molecule has 0 spiro atoms. The summed E-state index contributed by atoms with van der Waals surface area (Å²) in [6.45, 7) is 0.148. The number of ether oxygens (including phenoxy) is 2. The molecule has 0 aliphatic heterocycles.